The molecule has 1 aromatic rings. The molecule has 1 rings (SSSR count). The van der Waals surface area contributed by atoms with Crippen LogP contribution < -0.4 is 5.73 Å². The number of anilines is 1. The van der Waals surface area contributed by atoms with Crippen LogP contribution in [0.15, 0.2) is 24.3 Å². The zero-order chi connectivity index (χ0) is 12.0. The largest absolute Gasteiger partial charge is 0.481 e. The zero-order valence-electron chi connectivity index (χ0n) is 9.65. The Hall–Kier alpha value is -1.51. The van der Waals surface area contributed by atoms with Crippen LogP contribution in [0, 0.1) is 5.92 Å². The Morgan fingerprint density at radius 3 is 2.50 bits per heavy atom. The van der Waals surface area contributed by atoms with Gasteiger partial charge in [-0.15, -0.1) is 0 Å². The molecule has 0 aliphatic heterocycles. The average molecular weight is 221 g/mol. The fraction of sp³-hybridized carbons (Fsp3) is 0.462. The van der Waals surface area contributed by atoms with Gasteiger partial charge in [-0.05, 0) is 30.5 Å². The van der Waals surface area contributed by atoms with Crippen LogP contribution in [0.5, 0.6) is 0 Å². The molecule has 0 bridgehead atoms. The van der Waals surface area contributed by atoms with Gasteiger partial charge in [0.25, 0.3) is 0 Å². The molecule has 3 nitrogen and oxygen atoms in total. The van der Waals surface area contributed by atoms with Crippen LogP contribution in [0.4, 0.5) is 5.69 Å². The molecule has 0 saturated carbocycles. The van der Waals surface area contributed by atoms with E-state index in [2.05, 4.69) is 6.92 Å². The van der Waals surface area contributed by atoms with Crippen molar-refractivity contribution in [3.8, 4) is 0 Å². The Bertz CT molecular complexity index is 332. The number of nitrogen functional groups attached to an aromatic ring is 1. The Morgan fingerprint density at radius 1 is 1.38 bits per heavy atom. The molecule has 0 radical (unpaired) electrons. The Morgan fingerprint density at radius 2 is 2.00 bits per heavy atom. The lowest BCUT2D eigenvalue weighted by Crippen LogP contribution is -2.16. The molecule has 1 atom stereocenters. The molecule has 3 N–H and O–H groups in total. The Kier molecular flexibility index (Phi) is 4.83. The molecule has 88 valence electrons. The topological polar surface area (TPSA) is 63.3 Å². The minimum atomic E-state index is -0.703. The fourth-order valence-corrected chi connectivity index (χ4v) is 1.70. The zero-order valence-corrected chi connectivity index (χ0v) is 9.65. The number of nitrogens with two attached hydrogens (primary N) is 1. The highest BCUT2D eigenvalue weighted by Crippen LogP contribution is 2.16. The molecule has 0 aromatic heterocycles. The van der Waals surface area contributed by atoms with E-state index in [-0.39, 0.29) is 5.92 Å². The van der Waals surface area contributed by atoms with Gasteiger partial charge in [-0.3, -0.25) is 4.79 Å². The molecule has 3 heteroatoms. The Balaban J connectivity index is 2.60. The van der Waals surface area contributed by atoms with E-state index in [1.807, 2.05) is 24.3 Å². The van der Waals surface area contributed by atoms with E-state index in [0.717, 1.165) is 24.8 Å². The van der Waals surface area contributed by atoms with Gasteiger partial charge in [-0.2, -0.15) is 0 Å². The van der Waals surface area contributed by atoms with Crippen LogP contribution in [0.3, 0.4) is 0 Å². The van der Waals surface area contributed by atoms with E-state index in [4.69, 9.17) is 10.8 Å². The summed E-state index contributed by atoms with van der Waals surface area (Å²) in [4.78, 5) is 11.1. The third-order valence-corrected chi connectivity index (χ3v) is 2.72. The van der Waals surface area contributed by atoms with Crippen molar-refractivity contribution in [2.45, 2.75) is 32.6 Å². The monoisotopic (exact) mass is 221 g/mol. The van der Waals surface area contributed by atoms with Gasteiger partial charge in [0.15, 0.2) is 0 Å². The molecule has 0 aliphatic carbocycles. The van der Waals surface area contributed by atoms with Crippen molar-refractivity contribution in [1.29, 1.82) is 0 Å². The first kappa shape index (κ1) is 12.6. The third-order valence-electron chi connectivity index (χ3n) is 2.72. The van der Waals surface area contributed by atoms with Gasteiger partial charge in [-0.25, -0.2) is 0 Å². The average Bonchev–Trinajstić information content (AvgIpc) is 2.26. The van der Waals surface area contributed by atoms with Crippen LogP contribution in [0.1, 0.15) is 31.7 Å². The van der Waals surface area contributed by atoms with E-state index in [1.165, 1.54) is 0 Å². The number of carboxylic acids is 1. The van der Waals surface area contributed by atoms with Gasteiger partial charge in [0.1, 0.15) is 0 Å². The summed E-state index contributed by atoms with van der Waals surface area (Å²) in [7, 11) is 0. The standard InChI is InChI=1S/C13H19NO2/c1-2-3-4-11(13(15)16)9-10-5-7-12(14)8-6-10/h5-8,11H,2-4,9,14H2,1H3,(H,15,16). The molecule has 1 unspecified atom stereocenters. The highest BCUT2D eigenvalue weighted by Gasteiger charge is 2.16. The first-order valence-electron chi connectivity index (χ1n) is 5.70. The van der Waals surface area contributed by atoms with Crippen molar-refractivity contribution < 1.29 is 9.90 Å². The number of carboxylic acid groups (broad SMARTS) is 1. The summed E-state index contributed by atoms with van der Waals surface area (Å²) in [6.45, 7) is 2.07. The second-order valence-electron chi connectivity index (χ2n) is 4.12. The summed E-state index contributed by atoms with van der Waals surface area (Å²) in [6.07, 6.45) is 3.34. The summed E-state index contributed by atoms with van der Waals surface area (Å²) < 4.78 is 0. The molecule has 0 saturated heterocycles. The smallest absolute Gasteiger partial charge is 0.306 e. The maximum Gasteiger partial charge on any atom is 0.306 e. The van der Waals surface area contributed by atoms with Gasteiger partial charge in [0.05, 0.1) is 5.92 Å². The van der Waals surface area contributed by atoms with E-state index < -0.39 is 5.97 Å². The van der Waals surface area contributed by atoms with Gasteiger partial charge in [0.2, 0.25) is 0 Å². The summed E-state index contributed by atoms with van der Waals surface area (Å²) in [5.41, 5.74) is 7.33. The predicted molar refractivity (Wildman–Crippen MR) is 65.2 cm³/mol. The van der Waals surface area contributed by atoms with Crippen LogP contribution in [-0.4, -0.2) is 11.1 Å². The maximum absolute atomic E-state index is 11.1. The number of unbranched alkanes of at least 4 members (excludes halogenated alkanes) is 1. The van der Waals surface area contributed by atoms with Crippen LogP contribution >= 0.6 is 0 Å². The van der Waals surface area contributed by atoms with Crippen molar-refractivity contribution >= 4 is 11.7 Å². The van der Waals surface area contributed by atoms with E-state index in [9.17, 15) is 4.79 Å². The Labute approximate surface area is 96.3 Å². The molecule has 0 spiro atoms. The minimum Gasteiger partial charge on any atom is -0.481 e. The fourth-order valence-electron chi connectivity index (χ4n) is 1.70. The van der Waals surface area contributed by atoms with Gasteiger partial charge in [-0.1, -0.05) is 31.9 Å². The first-order chi connectivity index (χ1) is 7.63. The number of benzene rings is 1. The van der Waals surface area contributed by atoms with Gasteiger partial charge in [0, 0.05) is 5.69 Å². The number of hydrogen-bond donors (Lipinski definition) is 2. The third kappa shape index (κ3) is 3.93. The molecular formula is C13H19NO2. The summed E-state index contributed by atoms with van der Waals surface area (Å²) in [6, 6.07) is 7.43. The maximum atomic E-state index is 11.1. The number of aliphatic carboxylic acids is 1. The van der Waals surface area contributed by atoms with Crippen LogP contribution in [0.2, 0.25) is 0 Å². The molecule has 0 heterocycles. The SMILES string of the molecule is CCCCC(Cc1ccc(N)cc1)C(=O)O. The van der Waals surface area contributed by atoms with Crippen molar-refractivity contribution in [2.24, 2.45) is 5.92 Å². The van der Waals surface area contributed by atoms with E-state index in [0.29, 0.717) is 12.1 Å². The van der Waals surface area contributed by atoms with Crippen LogP contribution in [0.25, 0.3) is 0 Å². The second-order valence-corrected chi connectivity index (χ2v) is 4.12. The van der Waals surface area contributed by atoms with Gasteiger partial charge >= 0.3 is 5.97 Å². The quantitative estimate of drug-likeness (QED) is 0.726. The van der Waals surface area contributed by atoms with Crippen molar-refractivity contribution in [3.63, 3.8) is 0 Å². The minimum absolute atomic E-state index is 0.274. The lowest BCUT2D eigenvalue weighted by atomic mass is 9.94. The lowest BCUT2D eigenvalue weighted by Gasteiger charge is -2.11. The van der Waals surface area contributed by atoms with Crippen molar-refractivity contribution in [1.82, 2.24) is 0 Å². The number of carbonyl (C=O) groups is 1. The molecular weight excluding hydrogens is 202 g/mol. The van der Waals surface area contributed by atoms with E-state index >= 15 is 0 Å². The second kappa shape index (κ2) is 6.16. The first-order valence-corrected chi connectivity index (χ1v) is 5.70. The van der Waals surface area contributed by atoms with Gasteiger partial charge < -0.3 is 10.8 Å². The van der Waals surface area contributed by atoms with Crippen molar-refractivity contribution in [3.05, 3.63) is 29.8 Å². The van der Waals surface area contributed by atoms with E-state index in [1.54, 1.807) is 0 Å². The number of hydrogen-bond acceptors (Lipinski definition) is 2. The molecule has 0 amide bonds. The normalized spacial score (nSPS) is 12.3. The molecule has 0 fully saturated rings. The summed E-state index contributed by atoms with van der Waals surface area (Å²) in [5, 5.41) is 9.09. The predicted octanol–water partition coefficient (Wildman–Crippen LogP) is 2.70. The highest BCUT2D eigenvalue weighted by atomic mass is 16.4. The molecule has 1 aromatic carbocycles. The van der Waals surface area contributed by atoms with Crippen molar-refractivity contribution in [2.75, 3.05) is 5.73 Å². The number of rotatable bonds is 6. The summed E-state index contributed by atoms with van der Waals surface area (Å²) >= 11 is 0. The highest BCUT2D eigenvalue weighted by molar-refractivity contribution is 5.70. The summed E-state index contributed by atoms with van der Waals surface area (Å²) in [5.74, 6) is -0.978. The molecule has 0 aliphatic rings. The molecule has 16 heavy (non-hydrogen) atoms. The van der Waals surface area contributed by atoms with Crippen LogP contribution in [-0.2, 0) is 11.2 Å². The lowest BCUT2D eigenvalue weighted by molar-refractivity contribution is -0.141.